The summed E-state index contributed by atoms with van der Waals surface area (Å²) in [6.07, 6.45) is 0. The van der Waals surface area contributed by atoms with Crippen molar-refractivity contribution in [3.05, 3.63) is 28.3 Å². The van der Waals surface area contributed by atoms with E-state index in [1.54, 1.807) is 6.07 Å². The molecule has 1 atom stereocenters. The Morgan fingerprint density at radius 1 is 1.64 bits per heavy atom. The lowest BCUT2D eigenvalue weighted by atomic mass is 10.2. The molecular weight excluding hydrogens is 184 g/mol. The lowest BCUT2D eigenvalue weighted by Crippen LogP contribution is -2.28. The number of ether oxygens (including phenoxy) is 1. The third-order valence-electron chi connectivity index (χ3n) is 2.06. The molecule has 2 rings (SSSR count). The van der Waals surface area contributed by atoms with Gasteiger partial charge >= 0.3 is 0 Å². The minimum atomic E-state index is -0.415. The van der Waals surface area contributed by atoms with Gasteiger partial charge < -0.3 is 10.1 Å². The summed E-state index contributed by atoms with van der Waals surface area (Å²) in [5.41, 5.74) is 0.770. The molecule has 74 valence electrons. The van der Waals surface area contributed by atoms with Gasteiger partial charge in [0.05, 0.1) is 16.7 Å². The minimum absolute atomic E-state index is 0.0777. The molecule has 0 radical (unpaired) electrons. The molecule has 0 saturated carbocycles. The molecule has 0 unspecified atom stereocenters. The maximum Gasteiger partial charge on any atom is 0.271 e. The summed E-state index contributed by atoms with van der Waals surface area (Å²) in [6, 6.07) is 4.73. The minimum Gasteiger partial charge on any atom is -0.489 e. The van der Waals surface area contributed by atoms with E-state index in [4.69, 9.17) is 4.74 Å². The largest absolute Gasteiger partial charge is 0.489 e. The van der Waals surface area contributed by atoms with Gasteiger partial charge in [-0.3, -0.25) is 10.1 Å². The van der Waals surface area contributed by atoms with Crippen LogP contribution >= 0.6 is 0 Å². The van der Waals surface area contributed by atoms with Gasteiger partial charge in [-0.25, -0.2) is 0 Å². The SMILES string of the molecule is C[C@H]1COc2ccc([N+](=O)[O-])cc2N1. The highest BCUT2D eigenvalue weighted by atomic mass is 16.6. The van der Waals surface area contributed by atoms with Crippen LogP contribution in [0.5, 0.6) is 5.75 Å². The van der Waals surface area contributed by atoms with Crippen molar-refractivity contribution in [1.82, 2.24) is 0 Å². The molecule has 1 aliphatic heterocycles. The van der Waals surface area contributed by atoms with Crippen LogP contribution in [0.4, 0.5) is 11.4 Å². The Kier molecular flexibility index (Phi) is 1.99. The van der Waals surface area contributed by atoms with Crippen molar-refractivity contribution in [3.8, 4) is 5.75 Å². The highest BCUT2D eigenvalue weighted by molar-refractivity contribution is 5.63. The zero-order chi connectivity index (χ0) is 10.1. The van der Waals surface area contributed by atoms with Gasteiger partial charge in [0, 0.05) is 12.1 Å². The number of nitrogens with one attached hydrogen (secondary N) is 1. The Bertz CT molecular complexity index is 378. The second kappa shape index (κ2) is 3.17. The van der Waals surface area contributed by atoms with E-state index < -0.39 is 4.92 Å². The van der Waals surface area contributed by atoms with Crippen LogP contribution in [0, 0.1) is 10.1 Å². The maximum absolute atomic E-state index is 10.5. The molecular formula is C9H10N2O3. The molecule has 5 nitrogen and oxygen atoms in total. The van der Waals surface area contributed by atoms with Gasteiger partial charge in [-0.05, 0) is 13.0 Å². The third-order valence-corrected chi connectivity index (χ3v) is 2.06. The van der Waals surface area contributed by atoms with E-state index in [-0.39, 0.29) is 11.7 Å². The number of nitro groups is 1. The molecule has 0 amide bonds. The van der Waals surface area contributed by atoms with E-state index in [1.165, 1.54) is 12.1 Å². The molecule has 1 aromatic rings. The fraction of sp³-hybridized carbons (Fsp3) is 0.333. The van der Waals surface area contributed by atoms with E-state index in [9.17, 15) is 10.1 Å². The first-order valence-corrected chi connectivity index (χ1v) is 4.34. The Morgan fingerprint density at radius 3 is 3.14 bits per heavy atom. The van der Waals surface area contributed by atoms with Crippen molar-refractivity contribution in [2.75, 3.05) is 11.9 Å². The van der Waals surface area contributed by atoms with Crippen molar-refractivity contribution in [2.24, 2.45) is 0 Å². The number of nitro benzene ring substituents is 1. The van der Waals surface area contributed by atoms with Gasteiger partial charge in [0.2, 0.25) is 0 Å². The van der Waals surface area contributed by atoms with E-state index >= 15 is 0 Å². The first-order valence-electron chi connectivity index (χ1n) is 4.34. The zero-order valence-corrected chi connectivity index (χ0v) is 7.69. The Morgan fingerprint density at radius 2 is 2.43 bits per heavy atom. The zero-order valence-electron chi connectivity index (χ0n) is 7.69. The van der Waals surface area contributed by atoms with Gasteiger partial charge in [0.1, 0.15) is 12.4 Å². The molecule has 0 saturated heterocycles. The van der Waals surface area contributed by atoms with Gasteiger partial charge in [0.15, 0.2) is 0 Å². The second-order valence-corrected chi connectivity index (χ2v) is 3.29. The van der Waals surface area contributed by atoms with Crippen molar-refractivity contribution in [3.63, 3.8) is 0 Å². The summed E-state index contributed by atoms with van der Waals surface area (Å²) in [7, 11) is 0. The van der Waals surface area contributed by atoms with Gasteiger partial charge in [0.25, 0.3) is 5.69 Å². The Hall–Kier alpha value is -1.78. The number of hydrogen-bond donors (Lipinski definition) is 1. The molecule has 5 heteroatoms. The van der Waals surface area contributed by atoms with Gasteiger partial charge in [-0.1, -0.05) is 0 Å². The highest BCUT2D eigenvalue weighted by Crippen LogP contribution is 2.32. The van der Waals surface area contributed by atoms with E-state index in [0.717, 1.165) is 0 Å². The number of benzene rings is 1. The summed E-state index contributed by atoms with van der Waals surface area (Å²) < 4.78 is 5.39. The standard InChI is InChI=1S/C9H10N2O3/c1-6-5-14-9-3-2-7(11(12)13)4-8(9)10-6/h2-4,6,10H,5H2,1H3/t6-/m0/s1. The number of fused-ring (bicyclic) bond motifs is 1. The molecule has 0 fully saturated rings. The summed E-state index contributed by atoms with van der Waals surface area (Å²) in [5, 5.41) is 13.6. The predicted molar refractivity (Wildman–Crippen MR) is 51.7 cm³/mol. The van der Waals surface area contributed by atoms with Crippen LogP contribution < -0.4 is 10.1 Å². The first-order chi connectivity index (χ1) is 6.66. The number of anilines is 1. The molecule has 14 heavy (non-hydrogen) atoms. The van der Waals surface area contributed by atoms with Crippen LogP contribution in [0.25, 0.3) is 0 Å². The van der Waals surface area contributed by atoms with Crippen LogP contribution in [0.2, 0.25) is 0 Å². The average Bonchev–Trinajstić information content (AvgIpc) is 2.16. The van der Waals surface area contributed by atoms with E-state index in [0.29, 0.717) is 18.0 Å². The number of rotatable bonds is 1. The van der Waals surface area contributed by atoms with Crippen molar-refractivity contribution < 1.29 is 9.66 Å². The molecule has 0 spiro atoms. The van der Waals surface area contributed by atoms with Crippen LogP contribution in [0.1, 0.15) is 6.92 Å². The summed E-state index contributed by atoms with van der Waals surface area (Å²) in [4.78, 5) is 10.1. The molecule has 0 bridgehead atoms. The van der Waals surface area contributed by atoms with Crippen LogP contribution in [0.15, 0.2) is 18.2 Å². The summed E-state index contributed by atoms with van der Waals surface area (Å²) in [5.74, 6) is 0.675. The number of nitrogens with zero attached hydrogens (tertiary/aromatic N) is 1. The van der Waals surface area contributed by atoms with Crippen LogP contribution in [-0.2, 0) is 0 Å². The van der Waals surface area contributed by atoms with Crippen molar-refractivity contribution in [1.29, 1.82) is 0 Å². The van der Waals surface area contributed by atoms with Gasteiger partial charge in [-0.2, -0.15) is 0 Å². The molecule has 1 heterocycles. The maximum atomic E-state index is 10.5. The monoisotopic (exact) mass is 194 g/mol. The summed E-state index contributed by atoms with van der Waals surface area (Å²) in [6.45, 7) is 2.55. The van der Waals surface area contributed by atoms with E-state index in [2.05, 4.69) is 5.32 Å². The molecule has 0 aliphatic carbocycles. The number of non-ortho nitro benzene ring substituents is 1. The Balaban J connectivity index is 2.37. The average molecular weight is 194 g/mol. The lowest BCUT2D eigenvalue weighted by Gasteiger charge is -2.24. The Labute approximate surface area is 80.8 Å². The molecule has 0 aromatic heterocycles. The van der Waals surface area contributed by atoms with Crippen LogP contribution in [-0.4, -0.2) is 17.6 Å². The highest BCUT2D eigenvalue weighted by Gasteiger charge is 2.17. The van der Waals surface area contributed by atoms with Crippen molar-refractivity contribution in [2.45, 2.75) is 13.0 Å². The van der Waals surface area contributed by atoms with E-state index in [1.807, 2.05) is 6.92 Å². The second-order valence-electron chi connectivity index (χ2n) is 3.29. The third kappa shape index (κ3) is 1.48. The quantitative estimate of drug-likeness (QED) is 0.546. The topological polar surface area (TPSA) is 64.4 Å². The predicted octanol–water partition coefficient (Wildman–Crippen LogP) is 1.79. The van der Waals surface area contributed by atoms with Crippen LogP contribution in [0.3, 0.4) is 0 Å². The van der Waals surface area contributed by atoms with Crippen molar-refractivity contribution >= 4 is 11.4 Å². The first kappa shape index (κ1) is 8.80. The normalized spacial score (nSPS) is 19.1. The number of hydrogen-bond acceptors (Lipinski definition) is 4. The summed E-state index contributed by atoms with van der Waals surface area (Å²) >= 11 is 0. The fourth-order valence-corrected chi connectivity index (χ4v) is 1.39. The molecule has 1 N–H and O–H groups in total. The fourth-order valence-electron chi connectivity index (χ4n) is 1.39. The lowest BCUT2D eigenvalue weighted by molar-refractivity contribution is -0.384. The molecule has 1 aromatic carbocycles. The molecule has 1 aliphatic rings. The van der Waals surface area contributed by atoms with Gasteiger partial charge in [-0.15, -0.1) is 0 Å². The smallest absolute Gasteiger partial charge is 0.271 e.